The predicted molar refractivity (Wildman–Crippen MR) is 127 cm³/mol. The highest BCUT2D eigenvalue weighted by molar-refractivity contribution is 5.97. The third-order valence-corrected chi connectivity index (χ3v) is 6.17. The van der Waals surface area contributed by atoms with Gasteiger partial charge in [-0.15, -0.1) is 0 Å². The van der Waals surface area contributed by atoms with Gasteiger partial charge in [0.1, 0.15) is 0 Å². The van der Waals surface area contributed by atoms with E-state index in [0.29, 0.717) is 0 Å². The van der Waals surface area contributed by atoms with Crippen molar-refractivity contribution < 1.29 is 4.79 Å². The van der Waals surface area contributed by atoms with Crippen molar-refractivity contribution in [3.05, 3.63) is 41.6 Å². The number of nitrogens with zero attached hydrogens (tertiary/aromatic N) is 4. The smallest absolute Gasteiger partial charge is 0.246 e. The number of aromatic nitrogens is 1. The second-order valence-electron chi connectivity index (χ2n) is 8.68. The van der Waals surface area contributed by atoms with Gasteiger partial charge < -0.3 is 14.4 Å². The number of rotatable bonds is 9. The number of hydrogen-bond donors (Lipinski definition) is 0. The Labute approximate surface area is 181 Å². The van der Waals surface area contributed by atoms with E-state index in [2.05, 4.69) is 66.6 Å². The molecule has 0 unspecified atom stereocenters. The molecule has 0 N–H and O–H groups in total. The molecule has 1 fully saturated rings. The third kappa shape index (κ3) is 5.52. The topological polar surface area (TPSA) is 31.7 Å². The highest BCUT2D eigenvalue weighted by Crippen LogP contribution is 2.27. The maximum Gasteiger partial charge on any atom is 0.246 e. The number of carbonyl (C=O) groups excluding carboxylic acids is 1. The zero-order chi connectivity index (χ0) is 21.5. The van der Waals surface area contributed by atoms with E-state index in [1.165, 1.54) is 35.0 Å². The predicted octanol–water partition coefficient (Wildman–Crippen LogP) is 3.86. The number of amides is 1. The van der Waals surface area contributed by atoms with Gasteiger partial charge in [-0.1, -0.05) is 31.5 Å². The van der Waals surface area contributed by atoms with Gasteiger partial charge in [0.15, 0.2) is 0 Å². The van der Waals surface area contributed by atoms with Crippen LogP contribution in [0.5, 0.6) is 0 Å². The van der Waals surface area contributed by atoms with Crippen LogP contribution >= 0.6 is 0 Å². The molecular formula is C25H38N4O. The van der Waals surface area contributed by atoms with Crippen LogP contribution in [-0.4, -0.2) is 78.5 Å². The van der Waals surface area contributed by atoms with Crippen molar-refractivity contribution in [3.8, 4) is 0 Å². The molecule has 3 rings (SSSR count). The van der Waals surface area contributed by atoms with Crippen LogP contribution in [0.4, 0.5) is 0 Å². The van der Waals surface area contributed by atoms with Crippen molar-refractivity contribution >= 4 is 22.9 Å². The number of aryl methyl sites for hydroxylation is 1. The van der Waals surface area contributed by atoms with Gasteiger partial charge in [0.25, 0.3) is 0 Å². The minimum Gasteiger partial charge on any atom is -0.344 e. The molecule has 1 saturated heterocycles. The quantitative estimate of drug-likeness (QED) is 0.589. The molecule has 1 amide bonds. The first-order valence-corrected chi connectivity index (χ1v) is 11.4. The fourth-order valence-corrected chi connectivity index (χ4v) is 4.33. The zero-order valence-corrected chi connectivity index (χ0v) is 19.2. The first-order chi connectivity index (χ1) is 14.5. The second-order valence-corrected chi connectivity index (χ2v) is 8.68. The van der Waals surface area contributed by atoms with Gasteiger partial charge in [-0.25, -0.2) is 0 Å². The Balaban J connectivity index is 1.70. The van der Waals surface area contributed by atoms with Crippen molar-refractivity contribution in [2.24, 2.45) is 0 Å². The number of fused-ring (bicyclic) bond motifs is 1. The zero-order valence-electron chi connectivity index (χ0n) is 19.2. The molecule has 2 aromatic rings. The molecule has 164 valence electrons. The van der Waals surface area contributed by atoms with Crippen LogP contribution in [0, 0.1) is 6.92 Å². The van der Waals surface area contributed by atoms with E-state index in [1.54, 1.807) is 6.08 Å². The molecule has 1 aromatic heterocycles. The minimum absolute atomic E-state index is 0.133. The highest BCUT2D eigenvalue weighted by atomic mass is 16.2. The fourth-order valence-electron chi connectivity index (χ4n) is 4.33. The van der Waals surface area contributed by atoms with Crippen LogP contribution in [-0.2, 0) is 11.3 Å². The molecule has 0 radical (unpaired) electrons. The summed E-state index contributed by atoms with van der Waals surface area (Å²) in [5.74, 6) is 0.133. The van der Waals surface area contributed by atoms with Crippen molar-refractivity contribution in [1.29, 1.82) is 0 Å². The van der Waals surface area contributed by atoms with Gasteiger partial charge in [-0.3, -0.25) is 9.69 Å². The molecule has 5 heteroatoms. The lowest BCUT2D eigenvalue weighted by Crippen LogP contribution is -2.48. The van der Waals surface area contributed by atoms with Gasteiger partial charge in [-0.05, 0) is 59.1 Å². The Hall–Kier alpha value is -2.11. The van der Waals surface area contributed by atoms with Crippen LogP contribution in [0.15, 0.2) is 30.3 Å². The van der Waals surface area contributed by atoms with Crippen molar-refractivity contribution in [2.45, 2.75) is 39.7 Å². The largest absolute Gasteiger partial charge is 0.344 e. The van der Waals surface area contributed by atoms with Gasteiger partial charge in [0.05, 0.1) is 0 Å². The lowest BCUT2D eigenvalue weighted by Gasteiger charge is -2.34. The summed E-state index contributed by atoms with van der Waals surface area (Å²) in [5, 5.41) is 1.23. The maximum atomic E-state index is 12.8. The van der Waals surface area contributed by atoms with Gasteiger partial charge >= 0.3 is 0 Å². The van der Waals surface area contributed by atoms with E-state index in [4.69, 9.17) is 0 Å². The average Bonchev–Trinajstić information content (AvgIpc) is 3.02. The summed E-state index contributed by atoms with van der Waals surface area (Å²) >= 11 is 0. The van der Waals surface area contributed by atoms with Crippen LogP contribution in [0.1, 0.15) is 37.4 Å². The Morgan fingerprint density at radius 2 is 1.80 bits per heavy atom. The highest BCUT2D eigenvalue weighted by Gasteiger charge is 2.19. The summed E-state index contributed by atoms with van der Waals surface area (Å²) in [6.45, 7) is 11.3. The Bertz CT molecular complexity index is 859. The molecule has 0 spiro atoms. The molecule has 0 saturated carbocycles. The van der Waals surface area contributed by atoms with Crippen LogP contribution in [0.2, 0.25) is 0 Å². The van der Waals surface area contributed by atoms with E-state index in [1.807, 2.05) is 11.0 Å². The molecule has 1 aliphatic rings. The maximum absolute atomic E-state index is 12.8. The van der Waals surface area contributed by atoms with E-state index in [-0.39, 0.29) is 5.91 Å². The number of carbonyl (C=O) groups is 1. The Morgan fingerprint density at radius 1 is 1.07 bits per heavy atom. The summed E-state index contributed by atoms with van der Waals surface area (Å²) < 4.78 is 2.40. The van der Waals surface area contributed by atoms with Gasteiger partial charge in [0, 0.05) is 61.0 Å². The standard InChI is InChI=1S/C25H38N4O/c1-5-6-15-27-17-19-28(20-18-27)25(30)13-12-22-21(2)29(16-9-14-26(3)4)24-11-8-7-10-23(22)24/h7-8,10-13H,5-6,9,14-20H2,1-4H3. The SMILES string of the molecule is CCCCN1CCN(C(=O)C=Cc2c(C)n(CCCN(C)C)c3ccccc23)CC1. The van der Waals surface area contributed by atoms with Gasteiger partial charge in [0.2, 0.25) is 5.91 Å². The molecule has 0 aliphatic carbocycles. The van der Waals surface area contributed by atoms with Crippen LogP contribution in [0.3, 0.4) is 0 Å². The number of hydrogen-bond acceptors (Lipinski definition) is 3. The minimum atomic E-state index is 0.133. The Morgan fingerprint density at radius 3 is 2.50 bits per heavy atom. The lowest BCUT2D eigenvalue weighted by molar-refractivity contribution is -0.127. The summed E-state index contributed by atoms with van der Waals surface area (Å²) in [6.07, 6.45) is 7.39. The fraction of sp³-hybridized carbons (Fsp3) is 0.560. The molecule has 1 aromatic carbocycles. The first kappa shape index (κ1) is 22.6. The third-order valence-electron chi connectivity index (χ3n) is 6.17. The van der Waals surface area contributed by atoms with E-state index in [9.17, 15) is 4.79 Å². The first-order valence-electron chi connectivity index (χ1n) is 11.4. The lowest BCUT2D eigenvalue weighted by atomic mass is 10.1. The number of para-hydroxylation sites is 1. The molecule has 5 nitrogen and oxygen atoms in total. The van der Waals surface area contributed by atoms with E-state index < -0.39 is 0 Å². The molecule has 1 aliphatic heterocycles. The molecule has 0 atom stereocenters. The summed E-state index contributed by atoms with van der Waals surface area (Å²) in [7, 11) is 4.23. The molecule has 2 heterocycles. The van der Waals surface area contributed by atoms with Crippen molar-refractivity contribution in [1.82, 2.24) is 19.3 Å². The second kappa shape index (κ2) is 10.8. The molecule has 30 heavy (non-hydrogen) atoms. The Kier molecular flexibility index (Phi) is 8.11. The monoisotopic (exact) mass is 410 g/mol. The van der Waals surface area contributed by atoms with Gasteiger partial charge in [-0.2, -0.15) is 0 Å². The van der Waals surface area contributed by atoms with Crippen LogP contribution in [0.25, 0.3) is 17.0 Å². The normalized spacial score (nSPS) is 15.7. The molecule has 0 bridgehead atoms. The molecular weight excluding hydrogens is 372 g/mol. The number of unbranched alkanes of at least 4 members (excludes halogenated alkanes) is 1. The van der Waals surface area contributed by atoms with Crippen LogP contribution < -0.4 is 0 Å². The number of benzene rings is 1. The summed E-state index contributed by atoms with van der Waals surface area (Å²) in [5.41, 5.74) is 3.67. The summed E-state index contributed by atoms with van der Waals surface area (Å²) in [6, 6.07) is 8.54. The summed E-state index contributed by atoms with van der Waals surface area (Å²) in [4.78, 5) is 19.5. The average molecular weight is 411 g/mol. The van der Waals surface area contributed by atoms with E-state index in [0.717, 1.165) is 52.2 Å². The van der Waals surface area contributed by atoms with E-state index >= 15 is 0 Å². The number of piperazine rings is 1. The van der Waals surface area contributed by atoms with Crippen molar-refractivity contribution in [3.63, 3.8) is 0 Å². The van der Waals surface area contributed by atoms with Crippen molar-refractivity contribution in [2.75, 3.05) is 53.4 Å².